The summed E-state index contributed by atoms with van der Waals surface area (Å²) >= 11 is 0. The first kappa shape index (κ1) is 21.5. The van der Waals surface area contributed by atoms with Crippen LogP contribution in [0.4, 0.5) is 5.69 Å². The van der Waals surface area contributed by atoms with Crippen LogP contribution in [0.2, 0.25) is 0 Å². The number of hydrogen-bond donors (Lipinski definition) is 0. The van der Waals surface area contributed by atoms with E-state index in [0.717, 1.165) is 0 Å². The van der Waals surface area contributed by atoms with Crippen LogP contribution in [-0.2, 0) is 23.8 Å². The van der Waals surface area contributed by atoms with Gasteiger partial charge in [0.25, 0.3) is 5.91 Å². The van der Waals surface area contributed by atoms with Gasteiger partial charge in [-0.25, -0.2) is 0 Å². The van der Waals surface area contributed by atoms with Crippen molar-refractivity contribution in [2.75, 3.05) is 25.2 Å². The highest BCUT2D eigenvalue weighted by Crippen LogP contribution is 2.28. The number of carbonyl (C=O) groups is 2. The molecule has 1 aromatic rings. The minimum Gasteiger partial charge on any atom is -0.497 e. The predicted octanol–water partition coefficient (Wildman–Crippen LogP) is 2.84. The van der Waals surface area contributed by atoms with Gasteiger partial charge in [-0.3, -0.25) is 9.59 Å². The lowest BCUT2D eigenvalue weighted by molar-refractivity contribution is -0.164. The number of rotatable bonds is 6. The molecule has 1 fully saturated rings. The van der Waals surface area contributed by atoms with Gasteiger partial charge in [0.2, 0.25) is 6.10 Å². The number of morpholine rings is 1. The zero-order valence-corrected chi connectivity index (χ0v) is 17.0. The maximum absolute atomic E-state index is 13.2. The molecule has 2 unspecified atom stereocenters. The van der Waals surface area contributed by atoms with Crippen LogP contribution in [-0.4, -0.2) is 49.9 Å². The molecule has 1 aromatic carbocycles. The van der Waals surface area contributed by atoms with Crippen LogP contribution >= 0.6 is 0 Å². The normalized spacial score (nSPS) is 18.1. The van der Waals surface area contributed by atoms with Gasteiger partial charge in [-0.05, 0) is 32.9 Å². The van der Waals surface area contributed by atoms with Gasteiger partial charge >= 0.3 is 5.97 Å². The molecule has 28 heavy (non-hydrogen) atoms. The van der Waals surface area contributed by atoms with E-state index in [1.807, 2.05) is 20.8 Å². The molecule has 2 atom stereocenters. The Balaban J connectivity index is 2.35. The number of anilines is 1. The molecular formula is C21H27NO6. The second kappa shape index (κ2) is 8.95. The Morgan fingerprint density at radius 2 is 2.11 bits per heavy atom. The predicted molar refractivity (Wildman–Crippen MR) is 104 cm³/mol. The topological polar surface area (TPSA) is 74.3 Å². The number of hydrogen-bond acceptors (Lipinski definition) is 6. The van der Waals surface area contributed by atoms with Crippen LogP contribution in [0.1, 0.15) is 27.7 Å². The summed E-state index contributed by atoms with van der Waals surface area (Å²) in [5.41, 5.74) is 2.72. The third kappa shape index (κ3) is 5.38. The fourth-order valence-corrected chi connectivity index (χ4v) is 2.81. The molecule has 0 aromatic heterocycles. The Labute approximate surface area is 165 Å². The van der Waals surface area contributed by atoms with Crippen molar-refractivity contribution in [2.45, 2.75) is 45.5 Å². The molecule has 1 aliphatic heterocycles. The Morgan fingerprint density at radius 1 is 1.39 bits per heavy atom. The van der Waals surface area contributed by atoms with Crippen LogP contribution < -0.4 is 9.64 Å². The molecule has 1 aliphatic rings. The molecule has 7 heteroatoms. The molecule has 7 nitrogen and oxygen atoms in total. The first-order valence-corrected chi connectivity index (χ1v) is 8.99. The highest BCUT2D eigenvalue weighted by Gasteiger charge is 2.42. The van der Waals surface area contributed by atoms with Crippen molar-refractivity contribution in [1.82, 2.24) is 0 Å². The molecule has 0 bridgehead atoms. The molecular weight excluding hydrogens is 362 g/mol. The van der Waals surface area contributed by atoms with Gasteiger partial charge in [0.1, 0.15) is 11.4 Å². The van der Waals surface area contributed by atoms with E-state index < -0.39 is 23.8 Å². The Hall–Kier alpha value is -2.76. The van der Waals surface area contributed by atoms with Crippen molar-refractivity contribution in [1.29, 1.82) is 0 Å². The lowest BCUT2D eigenvalue weighted by atomic mass is 10.1. The minimum absolute atomic E-state index is 0.147. The fourth-order valence-electron chi connectivity index (χ4n) is 2.81. The maximum Gasteiger partial charge on any atom is 0.303 e. The average molecular weight is 389 g/mol. The van der Waals surface area contributed by atoms with E-state index in [1.165, 1.54) is 6.92 Å². The van der Waals surface area contributed by atoms with E-state index in [9.17, 15) is 9.59 Å². The minimum atomic E-state index is -1.09. The first-order chi connectivity index (χ1) is 13.2. The SMILES string of the molecule is C=C=C(OC(C)(C)C)C(OC(C)=O)C1OCCN(c2cccc(OC)c2)C1=O. The van der Waals surface area contributed by atoms with Gasteiger partial charge in [-0.15, -0.1) is 0 Å². The number of methoxy groups -OCH3 is 1. The molecule has 1 amide bonds. The molecule has 152 valence electrons. The highest BCUT2D eigenvalue weighted by atomic mass is 16.6. The quantitative estimate of drug-likeness (QED) is 0.423. The number of benzene rings is 1. The summed E-state index contributed by atoms with van der Waals surface area (Å²) in [6.45, 7) is 11.0. The standard InChI is InChI=1S/C21H27NO6/c1-7-17(28-21(3,4)5)18(27-14(2)23)19-20(24)22(11-12-26-19)15-9-8-10-16(13-15)25-6/h8-10,13,18-19H,1,11-12H2,2-6H3. The Bertz CT molecular complexity index is 775. The molecule has 0 spiro atoms. The molecule has 0 aliphatic carbocycles. The van der Waals surface area contributed by atoms with Crippen molar-refractivity contribution >= 4 is 17.6 Å². The van der Waals surface area contributed by atoms with E-state index in [0.29, 0.717) is 18.0 Å². The fraction of sp³-hybridized carbons (Fsp3) is 0.476. The van der Waals surface area contributed by atoms with E-state index in [4.69, 9.17) is 18.9 Å². The maximum atomic E-state index is 13.2. The van der Waals surface area contributed by atoms with Gasteiger partial charge < -0.3 is 23.8 Å². The number of nitrogens with zero attached hydrogens (tertiary/aromatic N) is 1. The summed E-state index contributed by atoms with van der Waals surface area (Å²) < 4.78 is 22.1. The zero-order chi connectivity index (χ0) is 20.9. The molecule has 2 rings (SSSR count). The van der Waals surface area contributed by atoms with Crippen LogP contribution in [0.25, 0.3) is 0 Å². The zero-order valence-electron chi connectivity index (χ0n) is 17.0. The monoisotopic (exact) mass is 389 g/mol. The summed E-state index contributed by atoms with van der Waals surface area (Å²) in [6.07, 6.45) is -2.16. The number of amides is 1. The summed E-state index contributed by atoms with van der Waals surface area (Å²) in [5, 5.41) is 0. The molecule has 0 saturated carbocycles. The van der Waals surface area contributed by atoms with Gasteiger partial charge in [-0.1, -0.05) is 18.4 Å². The second-order valence-electron chi connectivity index (χ2n) is 7.27. The molecule has 0 radical (unpaired) electrons. The van der Waals surface area contributed by atoms with E-state index >= 15 is 0 Å². The lowest BCUT2D eigenvalue weighted by Gasteiger charge is -2.37. The first-order valence-electron chi connectivity index (χ1n) is 8.99. The summed E-state index contributed by atoms with van der Waals surface area (Å²) in [4.78, 5) is 26.4. The lowest BCUT2D eigenvalue weighted by Crippen LogP contribution is -2.54. The number of ether oxygens (including phenoxy) is 4. The van der Waals surface area contributed by atoms with E-state index in [-0.39, 0.29) is 18.3 Å². The largest absolute Gasteiger partial charge is 0.497 e. The van der Waals surface area contributed by atoms with Crippen LogP contribution in [0.5, 0.6) is 5.75 Å². The smallest absolute Gasteiger partial charge is 0.303 e. The van der Waals surface area contributed by atoms with Crippen LogP contribution in [0, 0.1) is 0 Å². The summed E-state index contributed by atoms with van der Waals surface area (Å²) in [7, 11) is 1.56. The van der Waals surface area contributed by atoms with Gasteiger partial charge in [0.15, 0.2) is 11.9 Å². The van der Waals surface area contributed by atoms with E-state index in [2.05, 4.69) is 12.3 Å². The highest BCUT2D eigenvalue weighted by molar-refractivity contribution is 5.98. The summed E-state index contributed by atoms with van der Waals surface area (Å²) in [6, 6.07) is 7.16. The molecule has 1 saturated heterocycles. The average Bonchev–Trinajstić information content (AvgIpc) is 2.64. The van der Waals surface area contributed by atoms with Crippen molar-refractivity contribution in [3.8, 4) is 5.75 Å². The van der Waals surface area contributed by atoms with Crippen LogP contribution in [0.15, 0.2) is 42.3 Å². The number of carbonyl (C=O) groups excluding carboxylic acids is 2. The molecule has 1 heterocycles. The molecule has 0 N–H and O–H groups in total. The number of esters is 1. The Kier molecular flexibility index (Phi) is 6.89. The second-order valence-corrected chi connectivity index (χ2v) is 7.27. The third-order valence-electron chi connectivity index (χ3n) is 3.90. The van der Waals surface area contributed by atoms with Crippen molar-refractivity contribution in [3.63, 3.8) is 0 Å². The summed E-state index contributed by atoms with van der Waals surface area (Å²) in [5.74, 6) is -0.137. The van der Waals surface area contributed by atoms with Crippen molar-refractivity contribution in [2.24, 2.45) is 0 Å². The van der Waals surface area contributed by atoms with Crippen molar-refractivity contribution in [3.05, 3.63) is 42.3 Å². The van der Waals surface area contributed by atoms with Gasteiger partial charge in [-0.2, -0.15) is 0 Å². The van der Waals surface area contributed by atoms with Gasteiger partial charge in [0.05, 0.1) is 13.7 Å². The Morgan fingerprint density at radius 3 is 2.68 bits per heavy atom. The third-order valence-corrected chi connectivity index (χ3v) is 3.90. The van der Waals surface area contributed by atoms with Crippen LogP contribution in [0.3, 0.4) is 0 Å². The van der Waals surface area contributed by atoms with Crippen molar-refractivity contribution < 1.29 is 28.5 Å². The van der Waals surface area contributed by atoms with E-state index in [1.54, 1.807) is 36.3 Å². The van der Waals surface area contributed by atoms with Gasteiger partial charge in [0, 0.05) is 25.2 Å².